The van der Waals surface area contributed by atoms with Crippen molar-refractivity contribution >= 4 is 23.3 Å². The molecule has 0 aliphatic rings. The fraction of sp³-hybridized carbons (Fsp3) is 0.533. The zero-order valence-electron chi connectivity index (χ0n) is 23.1. The average molecular weight is 480 g/mol. The second kappa shape index (κ2) is 12.8. The van der Waals surface area contributed by atoms with Gasteiger partial charge >= 0.3 is 6.03 Å². The number of urea groups is 1. The first kappa shape index (κ1) is 28.4. The molecule has 0 saturated heterocycles. The maximum atomic E-state index is 13.4. The summed E-state index contributed by atoms with van der Waals surface area (Å²) >= 11 is 0. The van der Waals surface area contributed by atoms with Gasteiger partial charge in [0.1, 0.15) is 6.04 Å². The third kappa shape index (κ3) is 7.33. The Morgan fingerprint density at radius 3 is 1.37 bits per heavy atom. The first-order chi connectivity index (χ1) is 16.5. The van der Waals surface area contributed by atoms with Crippen LogP contribution in [-0.4, -0.2) is 18.0 Å². The van der Waals surface area contributed by atoms with Crippen LogP contribution in [-0.2, 0) is 4.79 Å². The van der Waals surface area contributed by atoms with Crippen LogP contribution in [0.15, 0.2) is 36.4 Å². The van der Waals surface area contributed by atoms with Crippen molar-refractivity contribution in [2.24, 2.45) is 0 Å². The molecule has 0 unspecified atom stereocenters. The molecular weight excluding hydrogens is 434 g/mol. The highest BCUT2D eigenvalue weighted by Gasteiger charge is 2.24. The number of anilines is 2. The predicted molar refractivity (Wildman–Crippen MR) is 149 cm³/mol. The number of benzene rings is 2. The van der Waals surface area contributed by atoms with Gasteiger partial charge in [0.05, 0.1) is 0 Å². The second-order valence-corrected chi connectivity index (χ2v) is 10.7. The van der Waals surface area contributed by atoms with Crippen molar-refractivity contribution in [3.63, 3.8) is 0 Å². The minimum absolute atomic E-state index is 0.182. The molecule has 2 aromatic carbocycles. The summed E-state index contributed by atoms with van der Waals surface area (Å²) in [7, 11) is 0. The van der Waals surface area contributed by atoms with Crippen LogP contribution in [0.1, 0.15) is 121 Å². The van der Waals surface area contributed by atoms with Crippen LogP contribution in [0.2, 0.25) is 0 Å². The summed E-state index contributed by atoms with van der Waals surface area (Å²) < 4.78 is 0. The van der Waals surface area contributed by atoms with E-state index in [4.69, 9.17) is 0 Å². The van der Waals surface area contributed by atoms with Crippen LogP contribution in [0.5, 0.6) is 0 Å². The quantitative estimate of drug-likeness (QED) is 0.322. The molecule has 0 aliphatic carbocycles. The molecule has 0 radical (unpaired) electrons. The van der Waals surface area contributed by atoms with Crippen molar-refractivity contribution in [3.8, 4) is 0 Å². The number of carbonyl (C=O) groups excluding carboxylic acids is 2. The molecule has 1 atom stereocenters. The Hall–Kier alpha value is -2.82. The third-order valence-corrected chi connectivity index (χ3v) is 6.43. The molecule has 0 heterocycles. The Kier molecular flexibility index (Phi) is 10.4. The maximum Gasteiger partial charge on any atom is 0.319 e. The summed E-state index contributed by atoms with van der Waals surface area (Å²) in [5.74, 6) is 0.887. The lowest BCUT2D eigenvalue weighted by atomic mass is 9.92. The predicted octanol–water partition coefficient (Wildman–Crippen LogP) is 8.11. The lowest BCUT2D eigenvalue weighted by Crippen LogP contribution is -2.46. The Balaban J connectivity index is 2.30. The molecule has 3 amide bonds. The van der Waals surface area contributed by atoms with Crippen LogP contribution in [0.25, 0.3) is 0 Å². The zero-order chi connectivity index (χ0) is 26.3. The monoisotopic (exact) mass is 479 g/mol. The summed E-state index contributed by atoms with van der Waals surface area (Å²) in [6.45, 7) is 19.0. The Morgan fingerprint density at radius 2 is 1.03 bits per heavy atom. The molecule has 0 saturated carbocycles. The fourth-order valence-electron chi connectivity index (χ4n) is 4.47. The van der Waals surface area contributed by atoms with E-state index >= 15 is 0 Å². The van der Waals surface area contributed by atoms with E-state index in [0.717, 1.165) is 40.0 Å². The second-order valence-electron chi connectivity index (χ2n) is 10.7. The molecule has 35 heavy (non-hydrogen) atoms. The van der Waals surface area contributed by atoms with Crippen molar-refractivity contribution in [1.82, 2.24) is 5.32 Å². The van der Waals surface area contributed by atoms with E-state index in [9.17, 15) is 9.59 Å². The topological polar surface area (TPSA) is 70.2 Å². The summed E-state index contributed by atoms with van der Waals surface area (Å²) in [5, 5.41) is 9.21. The minimum Gasteiger partial charge on any atom is -0.326 e. The van der Waals surface area contributed by atoms with E-state index in [2.05, 4.69) is 95.6 Å². The Labute approximate surface area is 212 Å². The maximum absolute atomic E-state index is 13.4. The van der Waals surface area contributed by atoms with E-state index in [1.807, 2.05) is 19.1 Å². The van der Waals surface area contributed by atoms with Gasteiger partial charge in [0.15, 0.2) is 0 Å². The number of hydrogen-bond acceptors (Lipinski definition) is 2. The highest BCUT2D eigenvalue weighted by atomic mass is 16.2. The van der Waals surface area contributed by atoms with Crippen molar-refractivity contribution in [2.75, 3.05) is 10.6 Å². The van der Waals surface area contributed by atoms with E-state index in [0.29, 0.717) is 6.42 Å². The Morgan fingerprint density at radius 1 is 0.657 bits per heavy atom. The Bertz CT molecular complexity index is 956. The fourth-order valence-corrected chi connectivity index (χ4v) is 4.47. The van der Waals surface area contributed by atoms with Gasteiger partial charge in [-0.3, -0.25) is 4.79 Å². The number of rotatable bonds is 10. The van der Waals surface area contributed by atoms with Gasteiger partial charge in [-0.05, 0) is 52.3 Å². The van der Waals surface area contributed by atoms with E-state index in [-0.39, 0.29) is 35.6 Å². The lowest BCUT2D eigenvalue weighted by molar-refractivity contribution is -0.118. The van der Waals surface area contributed by atoms with Gasteiger partial charge in [-0.1, -0.05) is 105 Å². The van der Waals surface area contributed by atoms with Crippen molar-refractivity contribution < 1.29 is 9.59 Å². The van der Waals surface area contributed by atoms with Gasteiger partial charge in [-0.25, -0.2) is 4.79 Å². The minimum atomic E-state index is -0.631. The third-order valence-electron chi connectivity index (χ3n) is 6.43. The average Bonchev–Trinajstić information content (AvgIpc) is 2.78. The van der Waals surface area contributed by atoms with Gasteiger partial charge in [0.2, 0.25) is 5.91 Å². The summed E-state index contributed by atoms with van der Waals surface area (Å²) in [6.07, 6.45) is 1.34. The smallest absolute Gasteiger partial charge is 0.319 e. The molecule has 5 heteroatoms. The first-order valence-corrected chi connectivity index (χ1v) is 13.1. The lowest BCUT2D eigenvalue weighted by Gasteiger charge is -2.24. The first-order valence-electron chi connectivity index (χ1n) is 13.1. The molecule has 0 aliphatic heterocycles. The van der Waals surface area contributed by atoms with Gasteiger partial charge < -0.3 is 16.0 Å². The summed E-state index contributed by atoms with van der Waals surface area (Å²) in [4.78, 5) is 26.6. The number of carbonyl (C=O) groups is 2. The van der Waals surface area contributed by atoms with E-state index in [1.165, 1.54) is 0 Å². The van der Waals surface area contributed by atoms with Gasteiger partial charge in [-0.2, -0.15) is 0 Å². The van der Waals surface area contributed by atoms with Gasteiger partial charge in [0, 0.05) is 11.4 Å². The van der Waals surface area contributed by atoms with Crippen LogP contribution in [0.4, 0.5) is 16.2 Å². The van der Waals surface area contributed by atoms with Crippen LogP contribution < -0.4 is 16.0 Å². The highest BCUT2D eigenvalue weighted by molar-refractivity contribution is 6.00. The summed E-state index contributed by atoms with van der Waals surface area (Å²) in [6, 6.07) is 11.4. The molecule has 0 bridgehead atoms. The van der Waals surface area contributed by atoms with Crippen LogP contribution >= 0.6 is 0 Å². The van der Waals surface area contributed by atoms with Gasteiger partial charge in [0.25, 0.3) is 0 Å². The van der Waals surface area contributed by atoms with E-state index in [1.54, 1.807) is 0 Å². The number of amides is 3. The molecule has 2 aromatic rings. The van der Waals surface area contributed by atoms with Crippen molar-refractivity contribution in [3.05, 3.63) is 58.7 Å². The molecular formula is C30H45N3O2. The highest BCUT2D eigenvalue weighted by Crippen LogP contribution is 2.33. The van der Waals surface area contributed by atoms with Crippen molar-refractivity contribution in [2.45, 2.75) is 105 Å². The van der Waals surface area contributed by atoms with E-state index < -0.39 is 6.04 Å². The zero-order valence-corrected chi connectivity index (χ0v) is 23.1. The molecule has 5 nitrogen and oxygen atoms in total. The molecule has 2 rings (SSSR count). The SMILES string of the molecule is CCC[C@@H](NC(=O)Nc1c(C(C)C)cccc1C(C)C)C(=O)Nc1c(C(C)C)cccc1C(C)C. The molecule has 0 fully saturated rings. The summed E-state index contributed by atoms with van der Waals surface area (Å²) in [5.41, 5.74) is 6.12. The largest absolute Gasteiger partial charge is 0.326 e. The van der Waals surface area contributed by atoms with Crippen molar-refractivity contribution in [1.29, 1.82) is 0 Å². The normalized spacial score (nSPS) is 12.4. The number of hydrogen-bond donors (Lipinski definition) is 3. The standard InChI is InChI=1S/C30H45N3O2/c1-10-13-26(29(34)32-27-22(18(2)3)14-11-15-23(27)19(4)5)31-30(35)33-28-24(20(6)7)16-12-17-25(28)21(8)9/h11-12,14-21,26H,10,13H2,1-9H3,(H,32,34)(H2,31,33,35)/t26-/m1/s1. The number of para-hydroxylation sites is 2. The van der Waals surface area contributed by atoms with Gasteiger partial charge in [-0.15, -0.1) is 0 Å². The molecule has 0 aromatic heterocycles. The van der Waals surface area contributed by atoms with Crippen LogP contribution in [0, 0.1) is 0 Å². The van der Waals surface area contributed by atoms with Crippen LogP contribution in [0.3, 0.4) is 0 Å². The number of nitrogens with one attached hydrogen (secondary N) is 3. The molecule has 3 N–H and O–H groups in total. The molecule has 192 valence electrons. The molecule has 0 spiro atoms.